The van der Waals surface area contributed by atoms with Gasteiger partial charge in [0, 0.05) is 0 Å². The highest BCUT2D eigenvalue weighted by Crippen LogP contribution is 2.05. The predicted octanol–water partition coefficient (Wildman–Crippen LogP) is 1.34. The molecule has 0 spiro atoms. The topological polar surface area (TPSA) is 50.9 Å². The Morgan fingerprint density at radius 1 is 1.64 bits per heavy atom. The molecule has 1 aromatic heterocycles. The molecule has 0 fully saturated rings. The number of hydrogen-bond donors (Lipinski definition) is 2. The highest BCUT2D eigenvalue weighted by molar-refractivity contribution is 14.1. The Hall–Kier alpha value is -0.430. The second kappa shape index (κ2) is 3.82. The molecule has 0 atom stereocenters. The third kappa shape index (κ3) is 2.98. The number of halogens is 1. The molecule has 0 aliphatic carbocycles. The lowest BCUT2D eigenvalue weighted by Crippen LogP contribution is -2.19. The SMILES string of the molecule is NC(=S)Nc1cccc(I)n1. The highest BCUT2D eigenvalue weighted by atomic mass is 127. The maximum atomic E-state index is 5.25. The average molecular weight is 279 g/mol. The van der Waals surface area contributed by atoms with E-state index in [4.69, 9.17) is 5.73 Å². The van der Waals surface area contributed by atoms with E-state index in [1.165, 1.54) is 0 Å². The zero-order valence-electron chi connectivity index (χ0n) is 5.54. The summed E-state index contributed by atoms with van der Waals surface area (Å²) in [4.78, 5) is 4.12. The predicted molar refractivity (Wildman–Crippen MR) is 57.4 cm³/mol. The molecular weight excluding hydrogens is 273 g/mol. The van der Waals surface area contributed by atoms with E-state index in [1.54, 1.807) is 6.07 Å². The molecule has 1 rings (SSSR count). The number of nitrogens with one attached hydrogen (secondary N) is 1. The summed E-state index contributed by atoms with van der Waals surface area (Å²) in [5, 5.41) is 2.97. The maximum Gasteiger partial charge on any atom is 0.169 e. The van der Waals surface area contributed by atoms with Crippen LogP contribution < -0.4 is 11.1 Å². The van der Waals surface area contributed by atoms with Gasteiger partial charge in [-0.2, -0.15) is 0 Å². The van der Waals surface area contributed by atoms with Crippen molar-refractivity contribution in [3.63, 3.8) is 0 Å². The number of rotatable bonds is 1. The molecule has 3 N–H and O–H groups in total. The summed E-state index contributed by atoms with van der Waals surface area (Å²) < 4.78 is 0.906. The van der Waals surface area contributed by atoms with Gasteiger partial charge in [0.25, 0.3) is 0 Å². The van der Waals surface area contributed by atoms with Crippen molar-refractivity contribution in [3.05, 3.63) is 21.9 Å². The van der Waals surface area contributed by atoms with Crippen LogP contribution in [0.5, 0.6) is 0 Å². The van der Waals surface area contributed by atoms with E-state index in [1.807, 2.05) is 12.1 Å². The van der Waals surface area contributed by atoms with E-state index in [2.05, 4.69) is 45.1 Å². The zero-order chi connectivity index (χ0) is 8.27. The second-order valence-electron chi connectivity index (χ2n) is 1.83. The fourth-order valence-electron chi connectivity index (χ4n) is 0.604. The van der Waals surface area contributed by atoms with Crippen molar-refractivity contribution in [1.82, 2.24) is 4.98 Å². The molecule has 1 heterocycles. The van der Waals surface area contributed by atoms with Crippen molar-refractivity contribution in [3.8, 4) is 0 Å². The lowest BCUT2D eigenvalue weighted by atomic mass is 10.5. The first-order valence-electron chi connectivity index (χ1n) is 2.87. The molecule has 3 nitrogen and oxygen atoms in total. The van der Waals surface area contributed by atoms with Crippen LogP contribution >= 0.6 is 34.8 Å². The van der Waals surface area contributed by atoms with Gasteiger partial charge in [-0.25, -0.2) is 4.98 Å². The van der Waals surface area contributed by atoms with Gasteiger partial charge in [0.15, 0.2) is 5.11 Å². The minimum atomic E-state index is 0.236. The smallest absolute Gasteiger partial charge is 0.169 e. The van der Waals surface area contributed by atoms with Crippen LogP contribution in [0.25, 0.3) is 0 Å². The first-order valence-corrected chi connectivity index (χ1v) is 4.36. The Bertz CT molecular complexity index is 276. The summed E-state index contributed by atoms with van der Waals surface area (Å²) in [6.45, 7) is 0. The molecule has 0 unspecified atom stereocenters. The van der Waals surface area contributed by atoms with Gasteiger partial charge in [0.1, 0.15) is 9.52 Å². The monoisotopic (exact) mass is 279 g/mol. The summed E-state index contributed by atoms with van der Waals surface area (Å²) in [5.74, 6) is 0.685. The molecule has 0 aliphatic rings. The van der Waals surface area contributed by atoms with Gasteiger partial charge in [0.2, 0.25) is 0 Å². The number of aromatic nitrogens is 1. The summed E-state index contributed by atoms with van der Waals surface area (Å²) >= 11 is 6.76. The zero-order valence-corrected chi connectivity index (χ0v) is 8.52. The van der Waals surface area contributed by atoms with Gasteiger partial charge in [-0.15, -0.1) is 0 Å². The van der Waals surface area contributed by atoms with Gasteiger partial charge < -0.3 is 11.1 Å². The van der Waals surface area contributed by atoms with Crippen LogP contribution in [0, 0.1) is 3.70 Å². The molecular formula is C6H6IN3S. The van der Waals surface area contributed by atoms with Crippen molar-refractivity contribution in [1.29, 1.82) is 0 Å². The molecule has 0 aliphatic heterocycles. The Morgan fingerprint density at radius 2 is 2.36 bits per heavy atom. The van der Waals surface area contributed by atoms with E-state index < -0.39 is 0 Å². The lowest BCUT2D eigenvalue weighted by Gasteiger charge is -2.01. The van der Waals surface area contributed by atoms with Crippen LogP contribution in [0.4, 0.5) is 5.82 Å². The van der Waals surface area contributed by atoms with Crippen molar-refractivity contribution >= 4 is 45.7 Å². The fraction of sp³-hybridized carbons (Fsp3) is 0. The van der Waals surface area contributed by atoms with Gasteiger partial charge in [-0.3, -0.25) is 0 Å². The maximum absolute atomic E-state index is 5.25. The summed E-state index contributed by atoms with van der Waals surface area (Å²) in [5.41, 5.74) is 5.25. The number of hydrogen-bond acceptors (Lipinski definition) is 2. The number of thiocarbonyl (C=S) groups is 1. The van der Waals surface area contributed by atoms with Crippen LogP contribution in [-0.4, -0.2) is 10.1 Å². The second-order valence-corrected chi connectivity index (χ2v) is 3.38. The normalized spacial score (nSPS) is 9.18. The van der Waals surface area contributed by atoms with Crippen LogP contribution in [0.2, 0.25) is 0 Å². The van der Waals surface area contributed by atoms with Crippen molar-refractivity contribution in [2.75, 3.05) is 5.32 Å². The molecule has 11 heavy (non-hydrogen) atoms. The van der Waals surface area contributed by atoms with Crippen molar-refractivity contribution in [2.24, 2.45) is 5.73 Å². The molecule has 1 aromatic rings. The molecule has 0 aromatic carbocycles. The van der Waals surface area contributed by atoms with Crippen LogP contribution in [0.1, 0.15) is 0 Å². The van der Waals surface area contributed by atoms with Gasteiger partial charge in [-0.1, -0.05) is 6.07 Å². The summed E-state index contributed by atoms with van der Waals surface area (Å²) in [6.07, 6.45) is 0. The van der Waals surface area contributed by atoms with Crippen molar-refractivity contribution < 1.29 is 0 Å². The molecule has 0 saturated carbocycles. The number of pyridine rings is 1. The van der Waals surface area contributed by atoms with E-state index in [-0.39, 0.29) is 5.11 Å². The van der Waals surface area contributed by atoms with E-state index in [0.717, 1.165) is 3.70 Å². The minimum Gasteiger partial charge on any atom is -0.376 e. The molecule has 0 amide bonds. The van der Waals surface area contributed by atoms with Crippen LogP contribution in [-0.2, 0) is 0 Å². The van der Waals surface area contributed by atoms with E-state index >= 15 is 0 Å². The number of anilines is 1. The number of nitrogens with two attached hydrogens (primary N) is 1. The molecule has 0 bridgehead atoms. The standard InChI is InChI=1S/C6H6IN3S/c7-4-2-1-3-5(9-4)10-6(8)11/h1-3H,(H3,8,9,10,11). The van der Waals surface area contributed by atoms with E-state index in [0.29, 0.717) is 5.82 Å². The van der Waals surface area contributed by atoms with Gasteiger partial charge in [0.05, 0.1) is 0 Å². The van der Waals surface area contributed by atoms with E-state index in [9.17, 15) is 0 Å². The largest absolute Gasteiger partial charge is 0.376 e. The quantitative estimate of drug-likeness (QED) is 0.463. The Morgan fingerprint density at radius 3 is 2.91 bits per heavy atom. The third-order valence-electron chi connectivity index (χ3n) is 0.966. The molecule has 0 saturated heterocycles. The Kier molecular flexibility index (Phi) is 3.01. The van der Waals surface area contributed by atoms with Crippen molar-refractivity contribution in [2.45, 2.75) is 0 Å². The van der Waals surface area contributed by atoms with Gasteiger partial charge >= 0.3 is 0 Å². The Labute approximate surface area is 83.5 Å². The fourth-order valence-corrected chi connectivity index (χ4v) is 1.18. The minimum absolute atomic E-state index is 0.236. The van der Waals surface area contributed by atoms with Crippen LogP contribution in [0.3, 0.4) is 0 Å². The molecule has 0 radical (unpaired) electrons. The Balaban J connectivity index is 2.79. The summed E-state index contributed by atoms with van der Waals surface area (Å²) in [6, 6.07) is 5.59. The highest BCUT2D eigenvalue weighted by Gasteiger charge is 1.93. The molecule has 58 valence electrons. The lowest BCUT2D eigenvalue weighted by molar-refractivity contribution is 1.27. The molecule has 5 heteroatoms. The van der Waals surface area contributed by atoms with Gasteiger partial charge in [-0.05, 0) is 46.9 Å². The average Bonchev–Trinajstić information content (AvgIpc) is 1.85. The first kappa shape index (κ1) is 8.66. The van der Waals surface area contributed by atoms with Crippen LogP contribution in [0.15, 0.2) is 18.2 Å². The first-order chi connectivity index (χ1) is 5.18. The summed E-state index contributed by atoms with van der Waals surface area (Å²) in [7, 11) is 0. The third-order valence-corrected chi connectivity index (χ3v) is 1.67. The number of nitrogens with zero attached hydrogens (tertiary/aromatic N) is 1.